The molecular weight excluding hydrogens is 206 g/mol. The van der Waals surface area contributed by atoms with Gasteiger partial charge in [-0.25, -0.2) is 0 Å². The summed E-state index contributed by atoms with van der Waals surface area (Å²) in [6.07, 6.45) is 8.57. The predicted molar refractivity (Wildman–Crippen MR) is 66.7 cm³/mol. The number of thiocarbonyl (C=S) groups is 1. The molecule has 4 heteroatoms. The fourth-order valence-electron chi connectivity index (χ4n) is 1.99. The molecule has 0 amide bonds. The fraction of sp³-hybridized carbons (Fsp3) is 0.455. The van der Waals surface area contributed by atoms with Gasteiger partial charge in [0, 0.05) is 18.2 Å². The molecule has 15 heavy (non-hydrogen) atoms. The van der Waals surface area contributed by atoms with E-state index in [1.54, 1.807) is 6.08 Å². The molecule has 2 aliphatic rings. The topological polar surface area (TPSA) is 36.4 Å². The molecule has 80 valence electrons. The van der Waals surface area contributed by atoms with Crippen LogP contribution in [-0.2, 0) is 0 Å². The van der Waals surface area contributed by atoms with Crippen LogP contribution >= 0.6 is 12.2 Å². The monoisotopic (exact) mass is 221 g/mol. The lowest BCUT2D eigenvalue weighted by molar-refractivity contribution is 0.444. The van der Waals surface area contributed by atoms with E-state index in [4.69, 9.17) is 12.2 Å². The average molecular weight is 221 g/mol. The molecule has 0 unspecified atom stereocenters. The number of hydrogen-bond donors (Lipinski definition) is 2. The van der Waals surface area contributed by atoms with E-state index < -0.39 is 0 Å². The predicted octanol–water partition coefficient (Wildman–Crippen LogP) is 1.59. The molecule has 0 aromatic rings. The Kier molecular flexibility index (Phi) is 3.16. The molecule has 1 fully saturated rings. The minimum atomic E-state index is 0.563. The van der Waals surface area contributed by atoms with Gasteiger partial charge in [-0.3, -0.25) is 5.43 Å². The van der Waals surface area contributed by atoms with Gasteiger partial charge in [0.25, 0.3) is 0 Å². The zero-order valence-corrected chi connectivity index (χ0v) is 9.39. The number of hydrazone groups is 1. The lowest BCUT2D eigenvalue weighted by Gasteiger charge is -2.31. The molecule has 0 aromatic heterocycles. The van der Waals surface area contributed by atoms with Crippen molar-refractivity contribution in [1.82, 2.24) is 10.7 Å². The molecule has 2 aliphatic carbocycles. The van der Waals surface area contributed by atoms with Crippen molar-refractivity contribution in [2.45, 2.75) is 12.8 Å². The number of fused-ring (bicyclic) bond motifs is 1. The van der Waals surface area contributed by atoms with Crippen LogP contribution in [0.4, 0.5) is 0 Å². The zero-order chi connectivity index (χ0) is 10.7. The van der Waals surface area contributed by atoms with Crippen LogP contribution in [-0.4, -0.2) is 17.4 Å². The van der Waals surface area contributed by atoms with Crippen molar-refractivity contribution in [2.24, 2.45) is 16.9 Å². The van der Waals surface area contributed by atoms with Crippen molar-refractivity contribution in [1.29, 1.82) is 0 Å². The first-order chi connectivity index (χ1) is 7.31. The smallest absolute Gasteiger partial charge is 0.187 e. The molecule has 2 rings (SSSR count). The first kappa shape index (κ1) is 10.4. The Labute approximate surface area is 95.3 Å². The summed E-state index contributed by atoms with van der Waals surface area (Å²) in [6.45, 7) is 4.27. The molecule has 0 aromatic carbocycles. The Morgan fingerprint density at radius 3 is 3.33 bits per heavy atom. The van der Waals surface area contributed by atoms with Gasteiger partial charge in [0.2, 0.25) is 0 Å². The minimum absolute atomic E-state index is 0.563. The quantitative estimate of drug-likeness (QED) is 0.432. The van der Waals surface area contributed by atoms with Crippen LogP contribution in [0.2, 0.25) is 0 Å². The second kappa shape index (κ2) is 4.57. The van der Waals surface area contributed by atoms with E-state index in [0.717, 1.165) is 12.3 Å². The average Bonchev–Trinajstić information content (AvgIpc) is 2.57. The highest BCUT2D eigenvalue weighted by Crippen LogP contribution is 2.39. The van der Waals surface area contributed by atoms with E-state index in [2.05, 4.69) is 34.6 Å². The van der Waals surface area contributed by atoms with Gasteiger partial charge in [-0.15, -0.1) is 6.58 Å². The number of nitrogens with one attached hydrogen (secondary N) is 2. The molecule has 0 radical (unpaired) electrons. The highest BCUT2D eigenvalue weighted by Gasteiger charge is 2.37. The molecule has 0 spiro atoms. The second-order valence-corrected chi connectivity index (χ2v) is 4.28. The van der Waals surface area contributed by atoms with Crippen molar-refractivity contribution in [3.05, 3.63) is 24.8 Å². The highest BCUT2D eigenvalue weighted by atomic mass is 32.1. The van der Waals surface area contributed by atoms with E-state index >= 15 is 0 Å². The highest BCUT2D eigenvalue weighted by molar-refractivity contribution is 7.80. The maximum atomic E-state index is 5.03. The zero-order valence-electron chi connectivity index (χ0n) is 8.57. The third-order valence-corrected chi connectivity index (χ3v) is 3.09. The number of hydrogen-bond acceptors (Lipinski definition) is 2. The van der Waals surface area contributed by atoms with Gasteiger partial charge in [-0.1, -0.05) is 18.2 Å². The maximum absolute atomic E-state index is 5.03. The molecular formula is C11H15N3S. The summed E-state index contributed by atoms with van der Waals surface area (Å²) in [5, 5.41) is 7.84. The molecule has 0 bridgehead atoms. The summed E-state index contributed by atoms with van der Waals surface area (Å²) in [5.41, 5.74) is 4.08. The van der Waals surface area contributed by atoms with Gasteiger partial charge in [-0.05, 0) is 31.0 Å². The van der Waals surface area contributed by atoms with Crippen LogP contribution in [0.15, 0.2) is 29.9 Å². The van der Waals surface area contributed by atoms with Gasteiger partial charge >= 0.3 is 0 Å². The number of allylic oxidation sites excluding steroid dienone is 2. The van der Waals surface area contributed by atoms with Crippen LogP contribution < -0.4 is 10.7 Å². The largest absolute Gasteiger partial charge is 0.358 e. The van der Waals surface area contributed by atoms with Gasteiger partial charge in [0.15, 0.2) is 5.11 Å². The van der Waals surface area contributed by atoms with Crippen LogP contribution in [0.25, 0.3) is 0 Å². The van der Waals surface area contributed by atoms with E-state index in [1.165, 1.54) is 12.1 Å². The van der Waals surface area contributed by atoms with Gasteiger partial charge < -0.3 is 5.32 Å². The third kappa shape index (κ3) is 2.26. The molecule has 2 atom stereocenters. The summed E-state index contributed by atoms with van der Waals surface area (Å²) >= 11 is 5.03. The summed E-state index contributed by atoms with van der Waals surface area (Å²) in [5.74, 6) is 1.37. The Balaban J connectivity index is 1.77. The summed E-state index contributed by atoms with van der Waals surface area (Å²) < 4.78 is 0. The van der Waals surface area contributed by atoms with E-state index in [1.807, 2.05) is 0 Å². The van der Waals surface area contributed by atoms with Gasteiger partial charge in [-0.2, -0.15) is 5.10 Å². The van der Waals surface area contributed by atoms with Crippen LogP contribution in [0.1, 0.15) is 12.8 Å². The molecule has 2 N–H and O–H groups in total. The summed E-state index contributed by atoms with van der Waals surface area (Å²) in [7, 11) is 0. The first-order valence-electron chi connectivity index (χ1n) is 5.19. The molecule has 0 aliphatic heterocycles. The number of rotatable bonds is 3. The van der Waals surface area contributed by atoms with E-state index in [9.17, 15) is 0 Å². The van der Waals surface area contributed by atoms with Crippen LogP contribution in [0.3, 0.4) is 0 Å². The number of nitrogens with zero attached hydrogens (tertiary/aromatic N) is 1. The van der Waals surface area contributed by atoms with Crippen LogP contribution in [0, 0.1) is 11.8 Å². The SMILES string of the molecule is C=CCNC(=S)N/N=C1/C[C@H]2CC=C[C@H]12. The Hall–Kier alpha value is -1.16. The lowest BCUT2D eigenvalue weighted by Crippen LogP contribution is -2.38. The Morgan fingerprint density at radius 1 is 1.73 bits per heavy atom. The normalized spacial score (nSPS) is 29.5. The van der Waals surface area contributed by atoms with Crippen molar-refractivity contribution in [3.63, 3.8) is 0 Å². The van der Waals surface area contributed by atoms with Gasteiger partial charge in [0.1, 0.15) is 0 Å². The van der Waals surface area contributed by atoms with E-state index in [0.29, 0.717) is 17.6 Å². The van der Waals surface area contributed by atoms with Crippen molar-refractivity contribution in [2.75, 3.05) is 6.54 Å². The Morgan fingerprint density at radius 2 is 2.60 bits per heavy atom. The van der Waals surface area contributed by atoms with Crippen molar-refractivity contribution in [3.8, 4) is 0 Å². The van der Waals surface area contributed by atoms with E-state index in [-0.39, 0.29) is 0 Å². The second-order valence-electron chi connectivity index (χ2n) is 3.87. The Bertz CT molecular complexity index is 333. The first-order valence-corrected chi connectivity index (χ1v) is 5.60. The molecule has 0 saturated heterocycles. The summed E-state index contributed by atoms with van der Waals surface area (Å²) in [6, 6.07) is 0. The maximum Gasteiger partial charge on any atom is 0.187 e. The van der Waals surface area contributed by atoms with Gasteiger partial charge in [0.05, 0.1) is 0 Å². The minimum Gasteiger partial charge on any atom is -0.358 e. The van der Waals surface area contributed by atoms with Crippen molar-refractivity contribution >= 4 is 23.0 Å². The fourth-order valence-corrected chi connectivity index (χ4v) is 2.12. The third-order valence-electron chi connectivity index (χ3n) is 2.85. The standard InChI is InChI=1S/C11H15N3S/c1-2-6-12-11(15)14-13-10-7-8-4-3-5-9(8)10/h2-3,5,8-9H,1,4,6-7H2,(H2,12,14,15)/b13-10-/t8-,9+/m1/s1. The summed E-state index contributed by atoms with van der Waals surface area (Å²) in [4.78, 5) is 0. The molecule has 0 heterocycles. The van der Waals surface area contributed by atoms with Crippen molar-refractivity contribution < 1.29 is 0 Å². The van der Waals surface area contributed by atoms with Crippen LogP contribution in [0.5, 0.6) is 0 Å². The molecule has 3 nitrogen and oxygen atoms in total. The molecule has 1 saturated carbocycles. The lowest BCUT2D eigenvalue weighted by atomic mass is 9.74.